The van der Waals surface area contributed by atoms with E-state index in [0.717, 1.165) is 41.9 Å². The third kappa shape index (κ3) is 2.94. The number of aryl methyl sites for hydroxylation is 1. The van der Waals surface area contributed by atoms with Gasteiger partial charge in [-0.2, -0.15) is 0 Å². The molecule has 0 saturated heterocycles. The lowest BCUT2D eigenvalue weighted by Crippen LogP contribution is -2.16. The van der Waals surface area contributed by atoms with Crippen LogP contribution in [0.25, 0.3) is 0 Å². The quantitative estimate of drug-likeness (QED) is 0.804. The van der Waals surface area contributed by atoms with Crippen LogP contribution in [0.5, 0.6) is 0 Å². The van der Waals surface area contributed by atoms with Crippen LogP contribution < -0.4 is 16.2 Å². The third-order valence-corrected chi connectivity index (χ3v) is 3.41. The van der Waals surface area contributed by atoms with Gasteiger partial charge in [-0.3, -0.25) is 14.6 Å². The SMILES string of the molecule is CC(=O)Nc1ccc(Nc2nc3c(c(=O)[nH]2)CCC3)cc1. The molecule has 21 heavy (non-hydrogen) atoms. The van der Waals surface area contributed by atoms with E-state index in [9.17, 15) is 9.59 Å². The number of rotatable bonds is 3. The fourth-order valence-corrected chi connectivity index (χ4v) is 2.48. The lowest BCUT2D eigenvalue weighted by atomic mass is 10.2. The molecule has 0 atom stereocenters. The van der Waals surface area contributed by atoms with E-state index in [2.05, 4.69) is 20.6 Å². The van der Waals surface area contributed by atoms with Crippen molar-refractivity contribution in [2.75, 3.05) is 10.6 Å². The zero-order valence-electron chi connectivity index (χ0n) is 11.7. The summed E-state index contributed by atoms with van der Waals surface area (Å²) in [4.78, 5) is 30.1. The van der Waals surface area contributed by atoms with Gasteiger partial charge in [-0.25, -0.2) is 4.98 Å². The number of amides is 1. The number of aromatic amines is 1. The van der Waals surface area contributed by atoms with Crippen LogP contribution in [-0.4, -0.2) is 15.9 Å². The average Bonchev–Trinajstić information content (AvgIpc) is 2.89. The van der Waals surface area contributed by atoms with E-state index in [1.54, 1.807) is 12.1 Å². The van der Waals surface area contributed by atoms with Crippen LogP contribution in [0.2, 0.25) is 0 Å². The fraction of sp³-hybridized carbons (Fsp3) is 0.267. The van der Waals surface area contributed by atoms with Crippen molar-refractivity contribution < 1.29 is 4.79 Å². The Bertz CT molecular complexity index is 734. The minimum Gasteiger partial charge on any atom is -0.326 e. The molecule has 0 aliphatic heterocycles. The van der Waals surface area contributed by atoms with Crippen LogP contribution >= 0.6 is 0 Å². The summed E-state index contributed by atoms with van der Waals surface area (Å²) in [6.45, 7) is 1.46. The second-order valence-electron chi connectivity index (χ2n) is 5.08. The third-order valence-electron chi connectivity index (χ3n) is 3.41. The molecule has 0 bridgehead atoms. The Kier molecular flexibility index (Phi) is 3.43. The Labute approximate surface area is 121 Å². The van der Waals surface area contributed by atoms with Gasteiger partial charge < -0.3 is 10.6 Å². The molecular weight excluding hydrogens is 268 g/mol. The van der Waals surface area contributed by atoms with Gasteiger partial charge in [0.25, 0.3) is 5.56 Å². The molecule has 108 valence electrons. The Hall–Kier alpha value is -2.63. The molecule has 6 heteroatoms. The summed E-state index contributed by atoms with van der Waals surface area (Å²) in [5, 5.41) is 5.77. The highest BCUT2D eigenvalue weighted by Gasteiger charge is 2.16. The van der Waals surface area contributed by atoms with E-state index >= 15 is 0 Å². The van der Waals surface area contributed by atoms with Crippen LogP contribution in [0.15, 0.2) is 29.1 Å². The van der Waals surface area contributed by atoms with Crippen LogP contribution in [0.4, 0.5) is 17.3 Å². The fourth-order valence-electron chi connectivity index (χ4n) is 2.48. The molecule has 6 nitrogen and oxygen atoms in total. The summed E-state index contributed by atoms with van der Waals surface area (Å²) in [6, 6.07) is 7.21. The van der Waals surface area contributed by atoms with Gasteiger partial charge >= 0.3 is 0 Å². The molecule has 1 aliphatic rings. The van der Waals surface area contributed by atoms with Gasteiger partial charge in [0.2, 0.25) is 11.9 Å². The first-order chi connectivity index (χ1) is 10.1. The maximum Gasteiger partial charge on any atom is 0.255 e. The molecule has 0 radical (unpaired) electrons. The Morgan fingerprint density at radius 2 is 1.90 bits per heavy atom. The van der Waals surface area contributed by atoms with E-state index in [1.165, 1.54) is 6.92 Å². The largest absolute Gasteiger partial charge is 0.326 e. The van der Waals surface area contributed by atoms with E-state index in [-0.39, 0.29) is 11.5 Å². The highest BCUT2D eigenvalue weighted by molar-refractivity contribution is 5.88. The topological polar surface area (TPSA) is 86.9 Å². The van der Waals surface area contributed by atoms with Gasteiger partial charge in [0.05, 0.1) is 5.69 Å². The normalized spacial score (nSPS) is 12.8. The summed E-state index contributed by atoms with van der Waals surface area (Å²) in [5.41, 5.74) is 3.15. The smallest absolute Gasteiger partial charge is 0.255 e. The molecule has 1 aromatic heterocycles. The molecule has 1 amide bonds. The molecular formula is C15H16N4O2. The first kappa shape index (κ1) is 13.4. The lowest BCUT2D eigenvalue weighted by Gasteiger charge is -2.08. The number of nitrogens with one attached hydrogen (secondary N) is 3. The minimum atomic E-state index is -0.111. The van der Waals surface area contributed by atoms with E-state index < -0.39 is 0 Å². The van der Waals surface area contributed by atoms with Gasteiger partial charge in [-0.05, 0) is 43.5 Å². The number of nitrogens with zero attached hydrogens (tertiary/aromatic N) is 1. The van der Waals surface area contributed by atoms with E-state index in [4.69, 9.17) is 0 Å². The molecule has 1 heterocycles. The predicted molar refractivity (Wildman–Crippen MR) is 80.9 cm³/mol. The Morgan fingerprint density at radius 3 is 2.62 bits per heavy atom. The van der Waals surface area contributed by atoms with Gasteiger partial charge in [-0.15, -0.1) is 0 Å². The number of hydrogen-bond donors (Lipinski definition) is 3. The van der Waals surface area contributed by atoms with E-state index in [0.29, 0.717) is 5.95 Å². The van der Waals surface area contributed by atoms with Gasteiger partial charge in [0.1, 0.15) is 0 Å². The first-order valence-electron chi connectivity index (χ1n) is 6.88. The maximum absolute atomic E-state index is 11.9. The molecule has 1 aliphatic carbocycles. The molecule has 0 spiro atoms. The molecule has 1 aromatic carbocycles. The molecule has 0 fully saturated rings. The monoisotopic (exact) mass is 284 g/mol. The molecule has 0 saturated carbocycles. The number of fused-ring (bicyclic) bond motifs is 1. The predicted octanol–water partition coefficient (Wildman–Crippen LogP) is 1.96. The van der Waals surface area contributed by atoms with Crippen molar-refractivity contribution in [3.8, 4) is 0 Å². The Morgan fingerprint density at radius 1 is 1.19 bits per heavy atom. The number of hydrogen-bond acceptors (Lipinski definition) is 4. The number of benzene rings is 1. The minimum absolute atomic E-state index is 0.0603. The van der Waals surface area contributed by atoms with Crippen LogP contribution in [0, 0.1) is 0 Å². The zero-order valence-corrected chi connectivity index (χ0v) is 11.7. The second kappa shape index (κ2) is 5.40. The van der Waals surface area contributed by atoms with Crippen molar-refractivity contribution in [3.05, 3.63) is 45.9 Å². The summed E-state index contributed by atoms with van der Waals surface area (Å²) in [6.07, 6.45) is 2.65. The van der Waals surface area contributed by atoms with E-state index in [1.807, 2.05) is 12.1 Å². The number of anilines is 3. The standard InChI is InChI=1S/C15H16N4O2/c1-9(20)16-10-5-7-11(8-6-10)17-15-18-13-4-2-3-12(13)14(21)19-15/h5-8H,2-4H2,1H3,(H,16,20)(H2,17,18,19,21). The summed E-state index contributed by atoms with van der Waals surface area (Å²) in [5.74, 6) is 0.341. The highest BCUT2D eigenvalue weighted by Crippen LogP contribution is 2.20. The van der Waals surface area contributed by atoms with Crippen molar-refractivity contribution in [1.82, 2.24) is 9.97 Å². The van der Waals surface area contributed by atoms with Crippen molar-refractivity contribution in [1.29, 1.82) is 0 Å². The summed E-state index contributed by atoms with van der Waals surface area (Å²) >= 11 is 0. The van der Waals surface area contributed by atoms with Gasteiger partial charge in [0.15, 0.2) is 0 Å². The number of carbonyl (C=O) groups excluding carboxylic acids is 1. The van der Waals surface area contributed by atoms with Crippen LogP contribution in [0.3, 0.4) is 0 Å². The second-order valence-corrected chi connectivity index (χ2v) is 5.08. The molecule has 2 aromatic rings. The number of aromatic nitrogens is 2. The molecule has 3 N–H and O–H groups in total. The summed E-state index contributed by atoms with van der Waals surface area (Å²) in [7, 11) is 0. The van der Waals surface area contributed by atoms with Gasteiger partial charge in [-0.1, -0.05) is 0 Å². The molecule has 3 rings (SSSR count). The lowest BCUT2D eigenvalue weighted by molar-refractivity contribution is -0.114. The maximum atomic E-state index is 11.9. The van der Waals surface area contributed by atoms with Crippen molar-refractivity contribution >= 4 is 23.2 Å². The van der Waals surface area contributed by atoms with Crippen molar-refractivity contribution in [2.24, 2.45) is 0 Å². The van der Waals surface area contributed by atoms with Crippen LogP contribution in [0.1, 0.15) is 24.6 Å². The van der Waals surface area contributed by atoms with Crippen molar-refractivity contribution in [2.45, 2.75) is 26.2 Å². The average molecular weight is 284 g/mol. The molecule has 0 unspecified atom stereocenters. The zero-order chi connectivity index (χ0) is 14.8. The highest BCUT2D eigenvalue weighted by atomic mass is 16.1. The number of H-pyrrole nitrogens is 1. The Balaban J connectivity index is 1.79. The first-order valence-corrected chi connectivity index (χ1v) is 6.88. The number of carbonyl (C=O) groups is 1. The van der Waals surface area contributed by atoms with Gasteiger partial charge in [0, 0.05) is 23.9 Å². The summed E-state index contributed by atoms with van der Waals surface area (Å²) < 4.78 is 0. The van der Waals surface area contributed by atoms with Crippen LogP contribution in [-0.2, 0) is 17.6 Å². The van der Waals surface area contributed by atoms with Crippen molar-refractivity contribution in [3.63, 3.8) is 0 Å².